The summed E-state index contributed by atoms with van der Waals surface area (Å²) in [5.74, 6) is 0.892. The highest BCUT2D eigenvalue weighted by Crippen LogP contribution is 2.20. The highest BCUT2D eigenvalue weighted by atomic mass is 127. The molecule has 5 nitrogen and oxygen atoms in total. The quantitative estimate of drug-likeness (QED) is 0.258. The van der Waals surface area contributed by atoms with Crippen molar-refractivity contribution in [1.82, 2.24) is 15.5 Å². The first-order chi connectivity index (χ1) is 11.8. The van der Waals surface area contributed by atoms with Crippen LogP contribution in [0.2, 0.25) is 0 Å². The third kappa shape index (κ3) is 8.37. The van der Waals surface area contributed by atoms with E-state index in [0.29, 0.717) is 12.6 Å². The molecule has 0 spiro atoms. The number of halogens is 1. The minimum Gasteiger partial charge on any atom is -0.380 e. The fraction of sp³-hybridized carbons (Fsp3) is 0.632. The Labute approximate surface area is 169 Å². The van der Waals surface area contributed by atoms with Crippen LogP contribution in [0.1, 0.15) is 32.3 Å². The molecule has 1 aliphatic heterocycles. The van der Waals surface area contributed by atoms with Gasteiger partial charge >= 0.3 is 0 Å². The van der Waals surface area contributed by atoms with Gasteiger partial charge in [0.15, 0.2) is 5.96 Å². The molecule has 1 aromatic carbocycles. The number of likely N-dealkylation sites (tertiary alicyclic amines) is 1. The predicted octanol–water partition coefficient (Wildman–Crippen LogP) is 2.86. The monoisotopic (exact) mass is 460 g/mol. The van der Waals surface area contributed by atoms with Crippen LogP contribution in [-0.2, 0) is 11.3 Å². The molecule has 0 amide bonds. The van der Waals surface area contributed by atoms with Crippen molar-refractivity contribution in [1.29, 1.82) is 0 Å². The molecule has 1 heterocycles. The lowest BCUT2D eigenvalue weighted by Gasteiger charge is -2.23. The molecule has 0 saturated carbocycles. The van der Waals surface area contributed by atoms with Crippen molar-refractivity contribution < 1.29 is 4.74 Å². The molecule has 1 atom stereocenters. The van der Waals surface area contributed by atoms with Gasteiger partial charge in [-0.3, -0.25) is 9.89 Å². The van der Waals surface area contributed by atoms with E-state index in [0.717, 1.165) is 38.7 Å². The van der Waals surface area contributed by atoms with E-state index < -0.39 is 0 Å². The van der Waals surface area contributed by atoms with Crippen LogP contribution in [0, 0.1) is 0 Å². The van der Waals surface area contributed by atoms with Crippen molar-refractivity contribution >= 4 is 29.9 Å². The van der Waals surface area contributed by atoms with E-state index in [-0.39, 0.29) is 24.0 Å². The average Bonchev–Trinajstić information content (AvgIpc) is 3.04. The van der Waals surface area contributed by atoms with Gasteiger partial charge in [0.05, 0.1) is 13.2 Å². The maximum atomic E-state index is 5.37. The third-order valence-corrected chi connectivity index (χ3v) is 4.27. The van der Waals surface area contributed by atoms with E-state index in [1.165, 1.54) is 24.9 Å². The van der Waals surface area contributed by atoms with Crippen molar-refractivity contribution in [3.05, 3.63) is 35.9 Å². The molecule has 1 aliphatic rings. The normalized spacial score (nSPS) is 18.0. The molecule has 142 valence electrons. The van der Waals surface area contributed by atoms with Gasteiger partial charge in [0.25, 0.3) is 0 Å². The lowest BCUT2D eigenvalue weighted by atomic mass is 10.2. The number of nitrogens with one attached hydrogen (secondary N) is 2. The molecule has 0 radical (unpaired) electrons. The Bertz CT molecular complexity index is 484. The first-order valence-corrected chi connectivity index (χ1v) is 9.21. The zero-order valence-corrected chi connectivity index (χ0v) is 17.9. The van der Waals surface area contributed by atoms with Crippen LogP contribution in [-0.4, -0.2) is 56.3 Å². The zero-order chi connectivity index (χ0) is 17.0. The average molecular weight is 460 g/mol. The van der Waals surface area contributed by atoms with Gasteiger partial charge in [0.2, 0.25) is 0 Å². The number of guanidine groups is 1. The number of aliphatic imine (C=N–C) groups is 1. The van der Waals surface area contributed by atoms with Crippen molar-refractivity contribution in [3.63, 3.8) is 0 Å². The van der Waals surface area contributed by atoms with Gasteiger partial charge in [-0.1, -0.05) is 30.3 Å². The van der Waals surface area contributed by atoms with Crippen LogP contribution in [0.3, 0.4) is 0 Å². The van der Waals surface area contributed by atoms with Crippen molar-refractivity contribution in [2.75, 3.05) is 39.4 Å². The fourth-order valence-electron chi connectivity index (χ4n) is 3.05. The molecule has 0 aliphatic carbocycles. The van der Waals surface area contributed by atoms with E-state index in [1.807, 2.05) is 6.92 Å². The smallest absolute Gasteiger partial charge is 0.191 e. The Kier molecular flexibility index (Phi) is 11.9. The van der Waals surface area contributed by atoms with E-state index in [2.05, 4.69) is 52.8 Å². The molecule has 25 heavy (non-hydrogen) atoms. The summed E-state index contributed by atoms with van der Waals surface area (Å²) in [6.07, 6.45) is 2.50. The Morgan fingerprint density at radius 3 is 2.76 bits per heavy atom. The summed E-state index contributed by atoms with van der Waals surface area (Å²) in [6, 6.07) is 11.3. The summed E-state index contributed by atoms with van der Waals surface area (Å²) in [5, 5.41) is 6.65. The number of ether oxygens (including phenoxy) is 1. The molecule has 0 aromatic heterocycles. The molecule has 1 aromatic rings. The molecule has 0 bridgehead atoms. The van der Waals surface area contributed by atoms with Gasteiger partial charge in [-0.2, -0.15) is 0 Å². The second kappa shape index (κ2) is 13.4. The van der Waals surface area contributed by atoms with Gasteiger partial charge in [-0.05, 0) is 38.8 Å². The molecule has 1 fully saturated rings. The number of benzene rings is 1. The first-order valence-electron chi connectivity index (χ1n) is 9.21. The maximum Gasteiger partial charge on any atom is 0.191 e. The molecule has 1 unspecified atom stereocenters. The summed E-state index contributed by atoms with van der Waals surface area (Å²) in [4.78, 5) is 7.34. The second-order valence-electron chi connectivity index (χ2n) is 6.10. The third-order valence-electron chi connectivity index (χ3n) is 4.27. The van der Waals surface area contributed by atoms with Crippen molar-refractivity contribution in [2.45, 2.75) is 39.3 Å². The van der Waals surface area contributed by atoms with Gasteiger partial charge < -0.3 is 15.4 Å². The van der Waals surface area contributed by atoms with Gasteiger partial charge in [-0.15, -0.1) is 24.0 Å². The van der Waals surface area contributed by atoms with Crippen LogP contribution in [0.15, 0.2) is 35.3 Å². The Morgan fingerprint density at radius 1 is 1.24 bits per heavy atom. The van der Waals surface area contributed by atoms with E-state index >= 15 is 0 Å². The fourth-order valence-corrected chi connectivity index (χ4v) is 3.05. The zero-order valence-electron chi connectivity index (χ0n) is 15.5. The highest BCUT2D eigenvalue weighted by molar-refractivity contribution is 14.0. The van der Waals surface area contributed by atoms with Crippen LogP contribution < -0.4 is 10.6 Å². The van der Waals surface area contributed by atoms with Crippen molar-refractivity contribution in [3.8, 4) is 0 Å². The van der Waals surface area contributed by atoms with E-state index in [9.17, 15) is 0 Å². The summed E-state index contributed by atoms with van der Waals surface area (Å²) in [7, 11) is 0. The first kappa shape index (κ1) is 22.2. The number of nitrogens with zero attached hydrogens (tertiary/aromatic N) is 2. The maximum absolute atomic E-state index is 5.37. The molecule has 6 heteroatoms. The van der Waals surface area contributed by atoms with Crippen LogP contribution >= 0.6 is 24.0 Å². The van der Waals surface area contributed by atoms with E-state index in [4.69, 9.17) is 9.73 Å². The summed E-state index contributed by atoms with van der Waals surface area (Å²) < 4.78 is 5.37. The Balaban J connectivity index is 0.00000312. The molecular weight excluding hydrogens is 427 g/mol. The summed E-state index contributed by atoms with van der Waals surface area (Å²) in [6.45, 7) is 10.3. The SMILES string of the molecule is CCNC(=NCC1CCCN1Cc1ccccc1)NCCOCC.I. The van der Waals surface area contributed by atoms with Crippen LogP contribution in [0.5, 0.6) is 0 Å². The second-order valence-corrected chi connectivity index (χ2v) is 6.10. The molecule has 1 saturated heterocycles. The molecular formula is C19H33IN4O. The lowest BCUT2D eigenvalue weighted by Crippen LogP contribution is -2.40. The standard InChI is InChI=1S/C19H32N4O.HI/c1-3-20-19(21-12-14-24-4-2)22-15-18-11-8-13-23(18)16-17-9-6-5-7-10-17;/h5-7,9-10,18H,3-4,8,11-16H2,1-2H3,(H2,20,21,22);1H. The Hall–Kier alpha value is -0.860. The van der Waals surface area contributed by atoms with Crippen LogP contribution in [0.25, 0.3) is 0 Å². The summed E-state index contributed by atoms with van der Waals surface area (Å²) in [5.41, 5.74) is 1.38. The minimum atomic E-state index is 0. The highest BCUT2D eigenvalue weighted by Gasteiger charge is 2.24. The van der Waals surface area contributed by atoms with Crippen LogP contribution in [0.4, 0.5) is 0 Å². The molecule has 2 rings (SSSR count). The van der Waals surface area contributed by atoms with Gasteiger partial charge in [-0.25, -0.2) is 0 Å². The number of rotatable bonds is 9. The Morgan fingerprint density at radius 2 is 2.04 bits per heavy atom. The van der Waals surface area contributed by atoms with Gasteiger partial charge in [0, 0.05) is 32.3 Å². The molecule has 2 N–H and O–H groups in total. The van der Waals surface area contributed by atoms with E-state index in [1.54, 1.807) is 0 Å². The van der Waals surface area contributed by atoms with Crippen molar-refractivity contribution in [2.24, 2.45) is 4.99 Å². The summed E-state index contributed by atoms with van der Waals surface area (Å²) >= 11 is 0. The van der Waals surface area contributed by atoms with Gasteiger partial charge in [0.1, 0.15) is 0 Å². The minimum absolute atomic E-state index is 0. The largest absolute Gasteiger partial charge is 0.380 e. The topological polar surface area (TPSA) is 48.9 Å². The number of hydrogen-bond acceptors (Lipinski definition) is 3. The predicted molar refractivity (Wildman–Crippen MR) is 116 cm³/mol. The number of hydrogen-bond donors (Lipinski definition) is 2. The lowest BCUT2D eigenvalue weighted by molar-refractivity contribution is 0.152.